The molecule has 1 aromatic carbocycles. The number of carbonyl (C=O) groups is 1. The first kappa shape index (κ1) is 11.8. The molecule has 0 aliphatic carbocycles. The first-order chi connectivity index (χ1) is 7.75. The maximum atomic E-state index is 11.9. The van der Waals surface area contributed by atoms with Crippen molar-refractivity contribution in [2.24, 2.45) is 0 Å². The maximum absolute atomic E-state index is 11.9. The van der Waals surface area contributed by atoms with Crippen LogP contribution in [0.25, 0.3) is 0 Å². The molecule has 2 rings (SSSR count). The fourth-order valence-corrected chi connectivity index (χ4v) is 2.54. The van der Waals surface area contributed by atoms with Crippen molar-refractivity contribution < 1.29 is 4.79 Å². The van der Waals surface area contributed by atoms with Crippen molar-refractivity contribution >= 4 is 39.7 Å². The second-order valence-electron chi connectivity index (χ2n) is 3.56. The number of hydrogen-bond acceptors (Lipinski definition) is 2. The zero-order chi connectivity index (χ0) is 11.4. The van der Waals surface area contributed by atoms with E-state index in [0.717, 1.165) is 15.6 Å². The van der Waals surface area contributed by atoms with E-state index in [9.17, 15) is 4.79 Å². The molecule has 1 heterocycles. The van der Waals surface area contributed by atoms with Gasteiger partial charge in [-0.25, -0.2) is 0 Å². The van der Waals surface area contributed by atoms with Gasteiger partial charge in [-0.05, 0) is 63.5 Å². The quantitative estimate of drug-likeness (QED) is 0.602. The van der Waals surface area contributed by atoms with E-state index in [1.165, 1.54) is 5.56 Å². The van der Waals surface area contributed by atoms with Gasteiger partial charge in [0.1, 0.15) is 0 Å². The molecule has 0 spiro atoms. The van der Waals surface area contributed by atoms with Gasteiger partial charge in [-0.2, -0.15) is 11.3 Å². The molecule has 0 fully saturated rings. The maximum Gasteiger partial charge on any atom is 0.163 e. The predicted octanol–water partition coefficient (Wildman–Crippen LogP) is 4.17. The monoisotopic (exact) mass is 342 g/mol. The highest BCUT2D eigenvalue weighted by atomic mass is 127. The third-order valence-corrected chi connectivity index (χ3v) is 3.84. The average molecular weight is 342 g/mol. The molecule has 0 amide bonds. The Morgan fingerprint density at radius 3 is 2.56 bits per heavy atom. The first-order valence-corrected chi connectivity index (χ1v) is 7.08. The summed E-state index contributed by atoms with van der Waals surface area (Å²) in [7, 11) is 0. The second-order valence-corrected chi connectivity index (χ2v) is 5.59. The number of aryl methyl sites for hydroxylation is 1. The number of thiophene rings is 1. The van der Waals surface area contributed by atoms with E-state index in [0.29, 0.717) is 6.42 Å². The van der Waals surface area contributed by atoms with Gasteiger partial charge in [-0.1, -0.05) is 12.1 Å². The number of carbonyl (C=O) groups excluding carboxylic acids is 1. The summed E-state index contributed by atoms with van der Waals surface area (Å²) in [5.41, 5.74) is 2.07. The van der Waals surface area contributed by atoms with Gasteiger partial charge in [0.2, 0.25) is 0 Å². The Morgan fingerprint density at radius 1 is 1.19 bits per heavy atom. The van der Waals surface area contributed by atoms with Crippen LogP contribution in [0.2, 0.25) is 0 Å². The normalized spacial score (nSPS) is 10.3. The van der Waals surface area contributed by atoms with Gasteiger partial charge in [-0.3, -0.25) is 4.79 Å². The minimum atomic E-state index is 0.225. The molecular weight excluding hydrogens is 331 g/mol. The smallest absolute Gasteiger partial charge is 0.163 e. The molecule has 0 N–H and O–H groups in total. The van der Waals surface area contributed by atoms with Crippen molar-refractivity contribution in [3.05, 3.63) is 55.8 Å². The van der Waals surface area contributed by atoms with Crippen LogP contribution >= 0.6 is 33.9 Å². The van der Waals surface area contributed by atoms with E-state index >= 15 is 0 Å². The highest BCUT2D eigenvalue weighted by Gasteiger charge is 2.05. The topological polar surface area (TPSA) is 17.1 Å². The van der Waals surface area contributed by atoms with E-state index in [4.69, 9.17) is 0 Å². The van der Waals surface area contributed by atoms with Crippen molar-refractivity contribution in [3.8, 4) is 0 Å². The number of rotatable bonds is 4. The fraction of sp³-hybridized carbons (Fsp3) is 0.154. The summed E-state index contributed by atoms with van der Waals surface area (Å²) in [6.07, 6.45) is 1.44. The van der Waals surface area contributed by atoms with Crippen molar-refractivity contribution in [1.82, 2.24) is 0 Å². The molecule has 0 aliphatic rings. The van der Waals surface area contributed by atoms with Crippen LogP contribution in [-0.2, 0) is 6.42 Å². The standard InChI is InChI=1S/C13H11IOS/c14-12-4-2-11(3-5-12)13(15)6-1-10-7-8-16-9-10/h2-5,7-9H,1,6H2. The van der Waals surface area contributed by atoms with Crippen LogP contribution in [0.3, 0.4) is 0 Å². The van der Waals surface area contributed by atoms with Crippen LogP contribution < -0.4 is 0 Å². The number of benzene rings is 1. The molecule has 0 saturated carbocycles. The van der Waals surface area contributed by atoms with Crippen LogP contribution in [0.1, 0.15) is 22.3 Å². The summed E-state index contributed by atoms with van der Waals surface area (Å²) in [5, 5.41) is 4.14. The Balaban J connectivity index is 1.95. The Labute approximate surface area is 113 Å². The highest BCUT2D eigenvalue weighted by Crippen LogP contribution is 2.12. The highest BCUT2D eigenvalue weighted by molar-refractivity contribution is 14.1. The third-order valence-electron chi connectivity index (χ3n) is 2.39. The lowest BCUT2D eigenvalue weighted by molar-refractivity contribution is 0.0983. The van der Waals surface area contributed by atoms with Crippen LogP contribution in [0, 0.1) is 3.57 Å². The van der Waals surface area contributed by atoms with E-state index < -0.39 is 0 Å². The second kappa shape index (κ2) is 5.59. The molecule has 16 heavy (non-hydrogen) atoms. The van der Waals surface area contributed by atoms with Crippen LogP contribution in [0.5, 0.6) is 0 Å². The summed E-state index contributed by atoms with van der Waals surface area (Å²) in [6, 6.07) is 9.82. The molecule has 0 saturated heterocycles. The van der Waals surface area contributed by atoms with E-state index in [-0.39, 0.29) is 5.78 Å². The lowest BCUT2D eigenvalue weighted by atomic mass is 10.0. The van der Waals surface area contributed by atoms with Crippen molar-refractivity contribution in [2.75, 3.05) is 0 Å². The lowest BCUT2D eigenvalue weighted by Crippen LogP contribution is -2.00. The van der Waals surface area contributed by atoms with Crippen molar-refractivity contribution in [3.63, 3.8) is 0 Å². The van der Waals surface area contributed by atoms with Crippen molar-refractivity contribution in [1.29, 1.82) is 0 Å². The largest absolute Gasteiger partial charge is 0.294 e. The minimum absolute atomic E-state index is 0.225. The van der Waals surface area contributed by atoms with Gasteiger partial charge in [-0.15, -0.1) is 0 Å². The van der Waals surface area contributed by atoms with Gasteiger partial charge in [0, 0.05) is 15.6 Å². The van der Waals surface area contributed by atoms with Crippen LogP contribution in [-0.4, -0.2) is 5.78 Å². The Kier molecular flexibility index (Phi) is 4.12. The molecule has 0 atom stereocenters. The molecule has 0 bridgehead atoms. The van der Waals surface area contributed by atoms with Gasteiger partial charge in [0.05, 0.1) is 0 Å². The molecule has 3 heteroatoms. The van der Waals surface area contributed by atoms with Gasteiger partial charge in [0.25, 0.3) is 0 Å². The SMILES string of the molecule is O=C(CCc1ccsc1)c1ccc(I)cc1. The Bertz CT molecular complexity index is 459. The molecule has 1 aromatic heterocycles. The van der Waals surface area contributed by atoms with E-state index in [1.807, 2.05) is 29.6 Å². The zero-order valence-electron chi connectivity index (χ0n) is 8.65. The molecule has 2 aromatic rings. The number of Topliss-reactive ketones (excluding diaryl/α,β-unsaturated/α-hetero) is 1. The van der Waals surface area contributed by atoms with E-state index in [2.05, 4.69) is 34.0 Å². The lowest BCUT2D eigenvalue weighted by Gasteiger charge is -2.00. The number of ketones is 1. The Hall–Kier alpha value is -0.680. The summed E-state index contributed by atoms with van der Waals surface area (Å²) < 4.78 is 1.16. The summed E-state index contributed by atoms with van der Waals surface area (Å²) in [6.45, 7) is 0. The van der Waals surface area contributed by atoms with Gasteiger partial charge >= 0.3 is 0 Å². The number of hydrogen-bond donors (Lipinski definition) is 0. The molecule has 82 valence electrons. The average Bonchev–Trinajstić information content (AvgIpc) is 2.80. The van der Waals surface area contributed by atoms with Crippen LogP contribution in [0.4, 0.5) is 0 Å². The number of halogens is 1. The van der Waals surface area contributed by atoms with Gasteiger partial charge < -0.3 is 0 Å². The molecular formula is C13H11IOS. The zero-order valence-corrected chi connectivity index (χ0v) is 11.6. The summed E-state index contributed by atoms with van der Waals surface area (Å²) >= 11 is 3.92. The molecule has 0 unspecified atom stereocenters. The Morgan fingerprint density at radius 2 is 1.94 bits per heavy atom. The fourth-order valence-electron chi connectivity index (χ4n) is 1.47. The predicted molar refractivity (Wildman–Crippen MR) is 76.1 cm³/mol. The minimum Gasteiger partial charge on any atom is -0.294 e. The molecule has 0 radical (unpaired) electrons. The third kappa shape index (κ3) is 3.15. The van der Waals surface area contributed by atoms with Gasteiger partial charge in [0.15, 0.2) is 5.78 Å². The van der Waals surface area contributed by atoms with E-state index in [1.54, 1.807) is 11.3 Å². The summed E-state index contributed by atoms with van der Waals surface area (Å²) in [5.74, 6) is 0.225. The molecule has 0 aliphatic heterocycles. The molecule has 1 nitrogen and oxygen atoms in total. The first-order valence-electron chi connectivity index (χ1n) is 5.05. The van der Waals surface area contributed by atoms with Crippen LogP contribution in [0.15, 0.2) is 41.1 Å². The van der Waals surface area contributed by atoms with Crippen molar-refractivity contribution in [2.45, 2.75) is 12.8 Å². The summed E-state index contributed by atoms with van der Waals surface area (Å²) in [4.78, 5) is 11.9.